The molecule has 0 spiro atoms. The maximum Gasteiger partial charge on any atom is 0.223 e. The predicted molar refractivity (Wildman–Crippen MR) is 130 cm³/mol. The molecule has 2 amide bonds. The highest BCUT2D eigenvalue weighted by Gasteiger charge is 2.47. The SMILES string of the molecule is O=C1CCCN1CCN[C@H]1CCC[C@@H]2[C@H]1[C@@H](c1ccccc1)CC(=O)N2Cc1ccccc1. The Morgan fingerprint density at radius 1 is 0.879 bits per heavy atom. The van der Waals surface area contributed by atoms with Crippen LogP contribution in [0, 0.1) is 5.92 Å². The van der Waals surface area contributed by atoms with E-state index in [2.05, 4.69) is 64.8 Å². The number of hydrogen-bond donors (Lipinski definition) is 1. The fraction of sp³-hybridized carbons (Fsp3) is 0.500. The largest absolute Gasteiger partial charge is 0.341 e. The summed E-state index contributed by atoms with van der Waals surface area (Å²) in [6.07, 6.45) is 5.57. The molecule has 5 nitrogen and oxygen atoms in total. The minimum absolute atomic E-state index is 0.238. The number of benzene rings is 2. The molecule has 2 aliphatic heterocycles. The lowest BCUT2D eigenvalue weighted by molar-refractivity contribution is -0.143. The summed E-state index contributed by atoms with van der Waals surface area (Å²) < 4.78 is 0. The summed E-state index contributed by atoms with van der Waals surface area (Å²) in [7, 11) is 0. The van der Waals surface area contributed by atoms with Gasteiger partial charge in [-0.1, -0.05) is 60.7 Å². The molecule has 1 N–H and O–H groups in total. The number of rotatable bonds is 7. The second-order valence-electron chi connectivity index (χ2n) is 9.85. The van der Waals surface area contributed by atoms with Crippen LogP contribution in [0.5, 0.6) is 0 Å². The Hall–Kier alpha value is -2.66. The lowest BCUT2D eigenvalue weighted by atomic mass is 9.66. The van der Waals surface area contributed by atoms with Gasteiger partial charge in [0.15, 0.2) is 0 Å². The molecule has 33 heavy (non-hydrogen) atoms. The molecule has 2 heterocycles. The van der Waals surface area contributed by atoms with Gasteiger partial charge in [-0.3, -0.25) is 9.59 Å². The number of amides is 2. The lowest BCUT2D eigenvalue weighted by Gasteiger charge is -2.51. The van der Waals surface area contributed by atoms with Crippen molar-refractivity contribution in [3.05, 3.63) is 71.8 Å². The smallest absolute Gasteiger partial charge is 0.223 e. The first-order chi connectivity index (χ1) is 16.2. The summed E-state index contributed by atoms with van der Waals surface area (Å²) >= 11 is 0. The van der Waals surface area contributed by atoms with Gasteiger partial charge < -0.3 is 15.1 Å². The minimum Gasteiger partial charge on any atom is -0.341 e. The van der Waals surface area contributed by atoms with Gasteiger partial charge in [0.1, 0.15) is 0 Å². The molecule has 5 rings (SSSR count). The maximum absolute atomic E-state index is 13.4. The van der Waals surface area contributed by atoms with Crippen molar-refractivity contribution in [1.29, 1.82) is 0 Å². The van der Waals surface area contributed by atoms with E-state index in [1.807, 2.05) is 11.0 Å². The second kappa shape index (κ2) is 10.1. The van der Waals surface area contributed by atoms with Gasteiger partial charge in [-0.05, 0) is 42.7 Å². The van der Waals surface area contributed by atoms with Gasteiger partial charge >= 0.3 is 0 Å². The van der Waals surface area contributed by atoms with Crippen LogP contribution in [0.4, 0.5) is 0 Å². The first-order valence-electron chi connectivity index (χ1n) is 12.6. The van der Waals surface area contributed by atoms with Gasteiger partial charge in [0.2, 0.25) is 11.8 Å². The molecule has 0 radical (unpaired) electrons. The molecule has 0 bridgehead atoms. The third-order valence-electron chi connectivity index (χ3n) is 7.89. The van der Waals surface area contributed by atoms with E-state index in [1.54, 1.807) is 0 Å². The number of nitrogens with one attached hydrogen (secondary N) is 1. The first kappa shape index (κ1) is 22.1. The number of hydrogen-bond acceptors (Lipinski definition) is 3. The zero-order valence-corrected chi connectivity index (χ0v) is 19.4. The van der Waals surface area contributed by atoms with Gasteiger partial charge in [-0.25, -0.2) is 0 Å². The number of carbonyl (C=O) groups is 2. The molecule has 0 unspecified atom stereocenters. The van der Waals surface area contributed by atoms with Crippen molar-refractivity contribution < 1.29 is 9.59 Å². The summed E-state index contributed by atoms with van der Waals surface area (Å²) in [6, 6.07) is 21.6. The standard InChI is InChI=1S/C28H35N3O2/c32-26-15-8-17-30(26)18-16-29-24-13-7-14-25-28(24)23(22-11-5-2-6-12-22)19-27(33)31(25)20-21-9-3-1-4-10-21/h1-6,9-12,23-25,28-29H,7-8,13-20H2/t23-,24+,25-,28+/m1/s1. The molecular formula is C28H35N3O2. The molecule has 174 valence electrons. The van der Waals surface area contributed by atoms with Crippen LogP contribution in [0.1, 0.15) is 55.6 Å². The summed E-state index contributed by atoms with van der Waals surface area (Å²) in [5, 5.41) is 3.84. The number of nitrogens with zero attached hydrogens (tertiary/aromatic N) is 2. The molecule has 5 heteroatoms. The average Bonchev–Trinajstić information content (AvgIpc) is 3.26. The van der Waals surface area contributed by atoms with E-state index in [9.17, 15) is 9.59 Å². The van der Waals surface area contributed by atoms with Crippen molar-refractivity contribution in [2.75, 3.05) is 19.6 Å². The van der Waals surface area contributed by atoms with Crippen LogP contribution < -0.4 is 5.32 Å². The number of piperidine rings is 1. The number of fused-ring (bicyclic) bond motifs is 1. The maximum atomic E-state index is 13.4. The second-order valence-corrected chi connectivity index (χ2v) is 9.85. The van der Waals surface area contributed by atoms with Crippen LogP contribution in [0.15, 0.2) is 60.7 Å². The van der Waals surface area contributed by atoms with Crippen LogP contribution in [-0.4, -0.2) is 53.3 Å². The highest BCUT2D eigenvalue weighted by atomic mass is 16.2. The fourth-order valence-electron chi connectivity index (χ4n) is 6.33. The highest BCUT2D eigenvalue weighted by Crippen LogP contribution is 2.45. The van der Waals surface area contributed by atoms with Crippen LogP contribution in [0.2, 0.25) is 0 Å². The van der Waals surface area contributed by atoms with Gasteiger partial charge in [0, 0.05) is 57.0 Å². The zero-order valence-electron chi connectivity index (χ0n) is 19.4. The first-order valence-corrected chi connectivity index (χ1v) is 12.6. The molecule has 2 saturated heterocycles. The van der Waals surface area contributed by atoms with Crippen LogP contribution >= 0.6 is 0 Å². The zero-order chi connectivity index (χ0) is 22.6. The van der Waals surface area contributed by atoms with E-state index in [0.29, 0.717) is 31.3 Å². The van der Waals surface area contributed by atoms with Crippen molar-refractivity contribution in [3.8, 4) is 0 Å². The summed E-state index contributed by atoms with van der Waals surface area (Å²) in [5.74, 6) is 1.19. The summed E-state index contributed by atoms with van der Waals surface area (Å²) in [5.41, 5.74) is 2.48. The Balaban J connectivity index is 1.37. The Morgan fingerprint density at radius 2 is 1.64 bits per heavy atom. The van der Waals surface area contributed by atoms with Crippen LogP contribution in [-0.2, 0) is 16.1 Å². The van der Waals surface area contributed by atoms with E-state index in [1.165, 1.54) is 11.1 Å². The summed E-state index contributed by atoms with van der Waals surface area (Å²) in [6.45, 7) is 3.20. The highest BCUT2D eigenvalue weighted by molar-refractivity contribution is 5.79. The van der Waals surface area contributed by atoms with E-state index in [-0.39, 0.29) is 23.8 Å². The third kappa shape index (κ3) is 4.84. The van der Waals surface area contributed by atoms with Gasteiger partial charge in [0.05, 0.1) is 0 Å². The quantitative estimate of drug-likeness (QED) is 0.702. The topological polar surface area (TPSA) is 52.7 Å². The van der Waals surface area contributed by atoms with Gasteiger partial charge in [-0.2, -0.15) is 0 Å². The van der Waals surface area contributed by atoms with Crippen molar-refractivity contribution >= 4 is 11.8 Å². The molecule has 3 fully saturated rings. The van der Waals surface area contributed by atoms with Crippen LogP contribution in [0.25, 0.3) is 0 Å². The Labute approximate surface area is 197 Å². The Bertz CT molecular complexity index is 948. The van der Waals surface area contributed by atoms with E-state index in [4.69, 9.17) is 0 Å². The molecule has 0 aromatic heterocycles. The molecule has 4 atom stereocenters. The van der Waals surface area contributed by atoms with E-state index in [0.717, 1.165) is 45.3 Å². The average molecular weight is 446 g/mol. The van der Waals surface area contributed by atoms with Crippen molar-refractivity contribution in [1.82, 2.24) is 15.1 Å². The fourth-order valence-corrected chi connectivity index (χ4v) is 6.33. The van der Waals surface area contributed by atoms with E-state index >= 15 is 0 Å². The molecule has 2 aromatic rings. The van der Waals surface area contributed by atoms with E-state index < -0.39 is 0 Å². The number of likely N-dealkylation sites (tertiary alicyclic amines) is 2. The van der Waals surface area contributed by atoms with Crippen molar-refractivity contribution in [2.24, 2.45) is 5.92 Å². The normalized spacial score (nSPS) is 27.6. The Kier molecular flexibility index (Phi) is 6.77. The van der Waals surface area contributed by atoms with Gasteiger partial charge in [-0.15, -0.1) is 0 Å². The molecular weight excluding hydrogens is 410 g/mol. The molecule has 2 aromatic carbocycles. The monoisotopic (exact) mass is 445 g/mol. The minimum atomic E-state index is 0.238. The van der Waals surface area contributed by atoms with Crippen molar-refractivity contribution in [3.63, 3.8) is 0 Å². The Morgan fingerprint density at radius 3 is 2.36 bits per heavy atom. The van der Waals surface area contributed by atoms with Gasteiger partial charge in [0.25, 0.3) is 0 Å². The summed E-state index contributed by atoms with van der Waals surface area (Å²) in [4.78, 5) is 29.6. The predicted octanol–water partition coefficient (Wildman–Crippen LogP) is 3.95. The number of carbonyl (C=O) groups excluding carboxylic acids is 2. The lowest BCUT2D eigenvalue weighted by Crippen LogP contribution is -2.59. The molecule has 1 aliphatic carbocycles. The molecule has 3 aliphatic rings. The van der Waals surface area contributed by atoms with Crippen LogP contribution in [0.3, 0.4) is 0 Å². The third-order valence-corrected chi connectivity index (χ3v) is 7.89. The van der Waals surface area contributed by atoms with Crippen molar-refractivity contribution in [2.45, 2.75) is 63.1 Å². The molecule has 1 saturated carbocycles.